The maximum Gasteiger partial charge on any atom is 0.291 e. The Labute approximate surface area is 95.2 Å². The fourth-order valence-electron chi connectivity index (χ4n) is 1.20. The zero-order chi connectivity index (χ0) is 11.7. The van der Waals surface area contributed by atoms with Crippen LogP contribution >= 0.6 is 15.9 Å². The fraction of sp³-hybridized carbons (Fsp3) is 0.400. The van der Waals surface area contributed by atoms with Gasteiger partial charge in [0.05, 0.1) is 6.54 Å². The van der Waals surface area contributed by atoms with Gasteiger partial charge < -0.3 is 10.8 Å². The van der Waals surface area contributed by atoms with Crippen molar-refractivity contribution in [2.45, 2.75) is 18.4 Å². The molecule has 0 bridgehead atoms. The van der Waals surface area contributed by atoms with Crippen molar-refractivity contribution in [2.75, 3.05) is 6.54 Å². The number of hydrogen-bond donors (Lipinski definition) is 2. The molecule has 0 saturated heterocycles. The van der Waals surface area contributed by atoms with Gasteiger partial charge in [-0.15, -0.1) is 0 Å². The molecule has 1 rings (SSSR count). The van der Waals surface area contributed by atoms with Crippen LogP contribution in [0, 0.1) is 0 Å². The zero-order valence-corrected chi connectivity index (χ0v) is 9.76. The van der Waals surface area contributed by atoms with E-state index in [-0.39, 0.29) is 5.56 Å². The Morgan fingerprint density at radius 1 is 1.47 bits per heavy atom. The van der Waals surface area contributed by atoms with Gasteiger partial charge in [0.1, 0.15) is 0 Å². The van der Waals surface area contributed by atoms with Gasteiger partial charge in [0.15, 0.2) is 5.60 Å². The molecule has 0 amide bonds. The first-order valence-corrected chi connectivity index (χ1v) is 5.17. The highest BCUT2D eigenvalue weighted by Crippen LogP contribution is 2.37. The van der Waals surface area contributed by atoms with E-state index in [9.17, 15) is 13.9 Å². The molecule has 2 nitrogen and oxygen atoms in total. The molecule has 0 radical (unpaired) electrons. The molecule has 0 spiro atoms. The van der Waals surface area contributed by atoms with Gasteiger partial charge in [-0.2, -0.15) is 0 Å². The van der Waals surface area contributed by atoms with Crippen LogP contribution in [0.4, 0.5) is 8.78 Å². The number of nitrogens with two attached hydrogens (primary N) is 1. The molecule has 3 N–H and O–H groups in total. The molecule has 0 aliphatic heterocycles. The topological polar surface area (TPSA) is 46.2 Å². The minimum atomic E-state index is -3.35. The quantitative estimate of drug-likeness (QED) is 0.892. The number of aliphatic hydroxyl groups is 1. The van der Waals surface area contributed by atoms with Crippen molar-refractivity contribution in [3.05, 3.63) is 34.3 Å². The summed E-state index contributed by atoms with van der Waals surface area (Å²) >= 11 is 3.16. The highest BCUT2D eigenvalue weighted by Gasteiger charge is 2.49. The summed E-state index contributed by atoms with van der Waals surface area (Å²) < 4.78 is 27.3. The third-order valence-corrected chi connectivity index (χ3v) is 2.85. The predicted octanol–water partition coefficient (Wildman–Crippen LogP) is 2.25. The van der Waals surface area contributed by atoms with Gasteiger partial charge in [0, 0.05) is 4.47 Å². The largest absolute Gasteiger partial charge is 0.379 e. The smallest absolute Gasteiger partial charge is 0.291 e. The fourth-order valence-corrected chi connectivity index (χ4v) is 1.60. The van der Waals surface area contributed by atoms with E-state index in [2.05, 4.69) is 15.9 Å². The lowest BCUT2D eigenvalue weighted by Gasteiger charge is -2.32. The second-order valence-corrected chi connectivity index (χ2v) is 4.41. The molecule has 15 heavy (non-hydrogen) atoms. The van der Waals surface area contributed by atoms with Crippen LogP contribution in [-0.2, 0) is 5.60 Å². The van der Waals surface area contributed by atoms with Crippen LogP contribution in [0.3, 0.4) is 0 Å². The summed E-state index contributed by atoms with van der Waals surface area (Å²) in [4.78, 5) is 0. The van der Waals surface area contributed by atoms with Crippen molar-refractivity contribution >= 4 is 15.9 Å². The summed E-state index contributed by atoms with van der Waals surface area (Å²) in [6, 6.07) is 6.17. The molecule has 0 aliphatic rings. The third kappa shape index (κ3) is 2.35. The van der Waals surface area contributed by atoms with E-state index in [0.717, 1.165) is 6.92 Å². The zero-order valence-electron chi connectivity index (χ0n) is 8.17. The number of hydrogen-bond acceptors (Lipinski definition) is 2. The van der Waals surface area contributed by atoms with Gasteiger partial charge in [0.25, 0.3) is 5.92 Å². The molecule has 0 aromatic heterocycles. The number of benzene rings is 1. The van der Waals surface area contributed by atoms with Gasteiger partial charge in [-0.1, -0.05) is 28.1 Å². The molecule has 1 aromatic rings. The standard InChI is InChI=1S/C10H12BrF2NO/c1-9(15,10(12,13)6-14)7-3-2-4-8(11)5-7/h2-5,15H,6,14H2,1H3. The molecule has 5 heteroatoms. The SMILES string of the molecule is CC(O)(c1cccc(Br)c1)C(F)(F)CN. The lowest BCUT2D eigenvalue weighted by molar-refractivity contribution is -0.170. The van der Waals surface area contributed by atoms with Gasteiger partial charge in [-0.05, 0) is 24.6 Å². The Morgan fingerprint density at radius 2 is 2.07 bits per heavy atom. The minimum absolute atomic E-state index is 0.132. The second kappa shape index (κ2) is 4.15. The Bertz CT molecular complexity index is 355. The lowest BCUT2D eigenvalue weighted by Crippen LogP contribution is -2.48. The van der Waals surface area contributed by atoms with Crippen molar-refractivity contribution < 1.29 is 13.9 Å². The molecule has 0 heterocycles. The van der Waals surface area contributed by atoms with Gasteiger partial charge in [-0.25, -0.2) is 8.78 Å². The van der Waals surface area contributed by atoms with Gasteiger partial charge >= 0.3 is 0 Å². The minimum Gasteiger partial charge on any atom is -0.379 e. The molecule has 0 aliphatic carbocycles. The van der Waals surface area contributed by atoms with Crippen molar-refractivity contribution in [2.24, 2.45) is 5.73 Å². The summed E-state index contributed by atoms with van der Waals surface area (Å²) in [5.41, 5.74) is 2.82. The lowest BCUT2D eigenvalue weighted by atomic mass is 9.89. The van der Waals surface area contributed by atoms with Crippen LogP contribution < -0.4 is 5.73 Å². The van der Waals surface area contributed by atoms with Crippen molar-refractivity contribution in [3.8, 4) is 0 Å². The van der Waals surface area contributed by atoms with Crippen LogP contribution in [0.1, 0.15) is 12.5 Å². The third-order valence-electron chi connectivity index (χ3n) is 2.36. The van der Waals surface area contributed by atoms with E-state index in [1.807, 2.05) is 0 Å². The highest BCUT2D eigenvalue weighted by atomic mass is 79.9. The Morgan fingerprint density at radius 3 is 2.53 bits per heavy atom. The Hall–Kier alpha value is -0.520. The summed E-state index contributed by atoms with van der Waals surface area (Å²) in [7, 11) is 0. The summed E-state index contributed by atoms with van der Waals surface area (Å²) in [5, 5.41) is 9.79. The number of halogens is 3. The second-order valence-electron chi connectivity index (χ2n) is 3.49. The highest BCUT2D eigenvalue weighted by molar-refractivity contribution is 9.10. The molecular formula is C10H12BrF2NO. The molecule has 0 fully saturated rings. The van der Waals surface area contributed by atoms with Crippen molar-refractivity contribution in [1.29, 1.82) is 0 Å². The van der Waals surface area contributed by atoms with Crippen LogP contribution in [-0.4, -0.2) is 17.6 Å². The Kier molecular flexibility index (Phi) is 3.48. The summed E-state index contributed by atoms with van der Waals surface area (Å²) in [6.07, 6.45) is 0. The molecule has 1 aromatic carbocycles. The Balaban J connectivity index is 3.16. The normalized spacial score (nSPS) is 16.1. The van der Waals surface area contributed by atoms with Crippen LogP contribution in [0.2, 0.25) is 0 Å². The van der Waals surface area contributed by atoms with E-state index >= 15 is 0 Å². The average molecular weight is 280 g/mol. The first kappa shape index (κ1) is 12.5. The average Bonchev–Trinajstić information content (AvgIpc) is 2.17. The first-order chi connectivity index (χ1) is 6.81. The first-order valence-electron chi connectivity index (χ1n) is 4.37. The van der Waals surface area contributed by atoms with E-state index in [1.165, 1.54) is 12.1 Å². The molecular weight excluding hydrogens is 268 g/mol. The van der Waals surface area contributed by atoms with Gasteiger partial charge in [0.2, 0.25) is 0 Å². The molecule has 84 valence electrons. The predicted molar refractivity (Wildman–Crippen MR) is 57.7 cm³/mol. The molecule has 1 atom stereocenters. The van der Waals surface area contributed by atoms with Crippen molar-refractivity contribution in [1.82, 2.24) is 0 Å². The van der Waals surface area contributed by atoms with Crippen LogP contribution in [0.25, 0.3) is 0 Å². The van der Waals surface area contributed by atoms with E-state index in [1.54, 1.807) is 12.1 Å². The summed E-state index contributed by atoms with van der Waals surface area (Å²) in [6.45, 7) is 0.161. The van der Waals surface area contributed by atoms with Crippen LogP contribution in [0.15, 0.2) is 28.7 Å². The molecule has 0 saturated carbocycles. The van der Waals surface area contributed by atoms with Gasteiger partial charge in [-0.3, -0.25) is 0 Å². The van der Waals surface area contributed by atoms with Crippen molar-refractivity contribution in [3.63, 3.8) is 0 Å². The maximum absolute atomic E-state index is 13.4. The van der Waals surface area contributed by atoms with E-state index in [4.69, 9.17) is 5.73 Å². The molecule has 1 unspecified atom stereocenters. The monoisotopic (exact) mass is 279 g/mol. The summed E-state index contributed by atoms with van der Waals surface area (Å²) in [5.74, 6) is -3.35. The van der Waals surface area contributed by atoms with Crippen LogP contribution in [0.5, 0.6) is 0 Å². The number of alkyl halides is 2. The van der Waals surface area contributed by atoms with E-state index < -0.39 is 18.1 Å². The number of rotatable bonds is 3. The maximum atomic E-state index is 13.4. The van der Waals surface area contributed by atoms with E-state index in [0.29, 0.717) is 4.47 Å².